The molecule has 0 bridgehead atoms. The summed E-state index contributed by atoms with van der Waals surface area (Å²) in [6.07, 6.45) is 1.17. The summed E-state index contributed by atoms with van der Waals surface area (Å²) >= 11 is 1.75. The van der Waals surface area contributed by atoms with Gasteiger partial charge in [0.1, 0.15) is 5.82 Å². The highest BCUT2D eigenvalue weighted by molar-refractivity contribution is 7.99. The predicted molar refractivity (Wildman–Crippen MR) is 73.2 cm³/mol. The SMILES string of the molecule is CN(C)CCCNCCSc1ccc(F)cc1. The topological polar surface area (TPSA) is 15.3 Å². The summed E-state index contributed by atoms with van der Waals surface area (Å²) in [5, 5.41) is 3.40. The van der Waals surface area contributed by atoms with Crippen molar-refractivity contribution in [2.24, 2.45) is 0 Å². The van der Waals surface area contributed by atoms with Gasteiger partial charge in [-0.05, 0) is 57.9 Å². The number of rotatable bonds is 8. The quantitative estimate of drug-likeness (QED) is 0.568. The van der Waals surface area contributed by atoms with Crippen molar-refractivity contribution in [2.75, 3.05) is 39.5 Å². The van der Waals surface area contributed by atoms with Crippen molar-refractivity contribution in [3.63, 3.8) is 0 Å². The first-order chi connectivity index (χ1) is 8.18. The second kappa shape index (κ2) is 8.50. The van der Waals surface area contributed by atoms with Crippen LogP contribution >= 0.6 is 11.8 Å². The van der Waals surface area contributed by atoms with Crippen LogP contribution in [0.2, 0.25) is 0 Å². The first kappa shape index (κ1) is 14.5. The second-order valence-corrected chi connectivity index (χ2v) is 5.38. The van der Waals surface area contributed by atoms with Gasteiger partial charge in [0.15, 0.2) is 0 Å². The van der Waals surface area contributed by atoms with E-state index in [1.54, 1.807) is 11.8 Å². The molecule has 0 unspecified atom stereocenters. The number of halogens is 1. The van der Waals surface area contributed by atoms with Crippen molar-refractivity contribution in [2.45, 2.75) is 11.3 Å². The summed E-state index contributed by atoms with van der Waals surface area (Å²) in [6.45, 7) is 3.18. The number of nitrogens with one attached hydrogen (secondary N) is 1. The van der Waals surface area contributed by atoms with Gasteiger partial charge in [-0.1, -0.05) is 0 Å². The normalized spacial score (nSPS) is 11.1. The average molecular weight is 256 g/mol. The van der Waals surface area contributed by atoms with Crippen LogP contribution in [0.3, 0.4) is 0 Å². The summed E-state index contributed by atoms with van der Waals surface area (Å²) in [6, 6.07) is 6.66. The van der Waals surface area contributed by atoms with Crippen LogP contribution in [0.15, 0.2) is 29.2 Å². The molecule has 1 N–H and O–H groups in total. The molecule has 1 aromatic rings. The standard InChI is InChI=1S/C13H21FN2S/c1-16(2)10-3-8-15-9-11-17-13-6-4-12(14)5-7-13/h4-7,15H,3,8-11H2,1-2H3. The second-order valence-electron chi connectivity index (χ2n) is 4.21. The highest BCUT2D eigenvalue weighted by atomic mass is 32.2. The van der Waals surface area contributed by atoms with Crippen molar-refractivity contribution in [1.29, 1.82) is 0 Å². The minimum Gasteiger partial charge on any atom is -0.316 e. The summed E-state index contributed by atoms with van der Waals surface area (Å²) in [5.74, 6) is 0.851. The van der Waals surface area contributed by atoms with Crippen LogP contribution in [0.1, 0.15) is 6.42 Å². The zero-order valence-corrected chi connectivity index (χ0v) is 11.4. The predicted octanol–water partition coefficient (Wildman–Crippen LogP) is 2.46. The van der Waals surface area contributed by atoms with Crippen LogP contribution in [0.25, 0.3) is 0 Å². The fourth-order valence-corrected chi connectivity index (χ4v) is 2.23. The van der Waals surface area contributed by atoms with Crippen molar-refractivity contribution < 1.29 is 4.39 Å². The van der Waals surface area contributed by atoms with E-state index in [-0.39, 0.29) is 5.82 Å². The minimum absolute atomic E-state index is 0.170. The Kier molecular flexibility index (Phi) is 7.24. The van der Waals surface area contributed by atoms with Gasteiger partial charge in [0.25, 0.3) is 0 Å². The van der Waals surface area contributed by atoms with Gasteiger partial charge in [0.2, 0.25) is 0 Å². The maximum Gasteiger partial charge on any atom is 0.123 e. The van der Waals surface area contributed by atoms with E-state index in [2.05, 4.69) is 24.3 Å². The highest BCUT2D eigenvalue weighted by Gasteiger charge is 1.95. The molecule has 0 fully saturated rings. The molecule has 0 atom stereocenters. The smallest absolute Gasteiger partial charge is 0.123 e. The molecule has 0 heterocycles. The van der Waals surface area contributed by atoms with Gasteiger partial charge in [-0.15, -0.1) is 11.8 Å². The van der Waals surface area contributed by atoms with Crippen molar-refractivity contribution in [3.8, 4) is 0 Å². The molecule has 0 radical (unpaired) electrons. The Bertz CT molecular complexity index is 301. The zero-order chi connectivity index (χ0) is 12.5. The van der Waals surface area contributed by atoms with Crippen LogP contribution in [-0.2, 0) is 0 Å². The Hall–Kier alpha value is -0.580. The lowest BCUT2D eigenvalue weighted by Crippen LogP contribution is -2.23. The lowest BCUT2D eigenvalue weighted by Gasteiger charge is -2.09. The Morgan fingerprint density at radius 3 is 2.53 bits per heavy atom. The van der Waals surface area contributed by atoms with Crippen LogP contribution in [0.4, 0.5) is 4.39 Å². The molecule has 0 amide bonds. The zero-order valence-electron chi connectivity index (χ0n) is 10.6. The molecular formula is C13H21FN2S. The lowest BCUT2D eigenvalue weighted by atomic mass is 10.4. The van der Waals surface area contributed by atoms with Crippen LogP contribution in [0, 0.1) is 5.82 Å². The molecule has 1 aromatic carbocycles. The molecule has 0 spiro atoms. The number of thioether (sulfide) groups is 1. The summed E-state index contributed by atoms with van der Waals surface area (Å²) in [7, 11) is 4.18. The van der Waals surface area contributed by atoms with Gasteiger partial charge in [0, 0.05) is 17.2 Å². The number of hydrogen-bond acceptors (Lipinski definition) is 3. The molecule has 0 saturated heterocycles. The van der Waals surface area contributed by atoms with E-state index in [9.17, 15) is 4.39 Å². The van der Waals surface area contributed by atoms with Gasteiger partial charge in [-0.2, -0.15) is 0 Å². The van der Waals surface area contributed by atoms with E-state index in [4.69, 9.17) is 0 Å². The maximum atomic E-state index is 12.7. The van der Waals surface area contributed by atoms with E-state index in [0.717, 1.165) is 30.3 Å². The first-order valence-electron chi connectivity index (χ1n) is 5.92. The maximum absolute atomic E-state index is 12.7. The summed E-state index contributed by atoms with van der Waals surface area (Å²) in [5.41, 5.74) is 0. The van der Waals surface area contributed by atoms with E-state index in [0.29, 0.717) is 0 Å². The lowest BCUT2D eigenvalue weighted by molar-refractivity contribution is 0.396. The number of nitrogens with zero attached hydrogens (tertiary/aromatic N) is 1. The fraction of sp³-hybridized carbons (Fsp3) is 0.538. The molecule has 0 aliphatic heterocycles. The van der Waals surface area contributed by atoms with Gasteiger partial charge < -0.3 is 10.2 Å². The average Bonchev–Trinajstić information content (AvgIpc) is 2.30. The molecule has 0 aromatic heterocycles. The van der Waals surface area contributed by atoms with Crippen molar-refractivity contribution in [3.05, 3.63) is 30.1 Å². The van der Waals surface area contributed by atoms with Gasteiger partial charge in [-0.3, -0.25) is 0 Å². The third-order valence-corrected chi connectivity index (χ3v) is 3.33. The van der Waals surface area contributed by atoms with E-state index in [1.165, 1.54) is 18.6 Å². The molecule has 2 nitrogen and oxygen atoms in total. The van der Waals surface area contributed by atoms with Crippen LogP contribution in [-0.4, -0.2) is 44.4 Å². The molecule has 4 heteroatoms. The third-order valence-electron chi connectivity index (χ3n) is 2.32. The van der Waals surface area contributed by atoms with Gasteiger partial charge in [-0.25, -0.2) is 4.39 Å². The molecule has 0 aliphatic rings. The highest BCUT2D eigenvalue weighted by Crippen LogP contribution is 2.16. The molecule has 0 aliphatic carbocycles. The molecule has 96 valence electrons. The van der Waals surface area contributed by atoms with Crippen LogP contribution < -0.4 is 5.32 Å². The molecular weight excluding hydrogens is 235 g/mol. The Morgan fingerprint density at radius 1 is 1.18 bits per heavy atom. The Morgan fingerprint density at radius 2 is 1.88 bits per heavy atom. The number of hydrogen-bond donors (Lipinski definition) is 1. The first-order valence-corrected chi connectivity index (χ1v) is 6.91. The van der Waals surface area contributed by atoms with E-state index in [1.807, 2.05) is 12.1 Å². The van der Waals surface area contributed by atoms with Gasteiger partial charge >= 0.3 is 0 Å². The number of benzene rings is 1. The largest absolute Gasteiger partial charge is 0.316 e. The molecule has 0 saturated carbocycles. The minimum atomic E-state index is -0.170. The Labute approximate surface area is 108 Å². The van der Waals surface area contributed by atoms with Crippen molar-refractivity contribution >= 4 is 11.8 Å². The monoisotopic (exact) mass is 256 g/mol. The Balaban J connectivity index is 1.99. The molecule has 17 heavy (non-hydrogen) atoms. The van der Waals surface area contributed by atoms with Gasteiger partial charge in [0.05, 0.1) is 0 Å². The van der Waals surface area contributed by atoms with E-state index < -0.39 is 0 Å². The van der Waals surface area contributed by atoms with E-state index >= 15 is 0 Å². The van der Waals surface area contributed by atoms with Crippen LogP contribution in [0.5, 0.6) is 0 Å². The summed E-state index contributed by atoms with van der Waals surface area (Å²) < 4.78 is 12.7. The fourth-order valence-electron chi connectivity index (χ4n) is 1.42. The van der Waals surface area contributed by atoms with Crippen molar-refractivity contribution in [1.82, 2.24) is 10.2 Å². The molecule has 1 rings (SSSR count). The third kappa shape index (κ3) is 7.36. The summed E-state index contributed by atoms with van der Waals surface area (Å²) in [4.78, 5) is 3.32.